The van der Waals surface area contributed by atoms with Gasteiger partial charge in [-0.15, -0.1) is 0 Å². The minimum Gasteiger partial charge on any atom is -0.394 e. The van der Waals surface area contributed by atoms with E-state index in [9.17, 15) is 5.11 Å². The van der Waals surface area contributed by atoms with Gasteiger partial charge in [-0.3, -0.25) is 0 Å². The number of rotatable bonds is 5. The zero-order valence-electron chi connectivity index (χ0n) is 8.64. The first-order valence-electron chi connectivity index (χ1n) is 5.06. The highest BCUT2D eigenvalue weighted by Gasteiger charge is 2.35. The molecule has 0 aromatic heterocycles. The van der Waals surface area contributed by atoms with Crippen LogP contribution in [0, 0.1) is 0 Å². The van der Waals surface area contributed by atoms with Crippen LogP contribution in [0.15, 0.2) is 0 Å². The van der Waals surface area contributed by atoms with Crippen molar-refractivity contribution in [1.82, 2.24) is 5.32 Å². The maximum Gasteiger partial charge on any atom is 0.0613 e. The van der Waals surface area contributed by atoms with Crippen LogP contribution in [-0.2, 0) is 0 Å². The van der Waals surface area contributed by atoms with E-state index in [1.165, 1.54) is 6.42 Å². The molecule has 3 N–H and O–H groups in total. The number of aliphatic hydroxyl groups excluding tert-OH is 1. The van der Waals surface area contributed by atoms with Crippen molar-refractivity contribution in [2.24, 2.45) is 0 Å². The molecule has 3 nitrogen and oxygen atoms in total. The summed E-state index contributed by atoms with van der Waals surface area (Å²) in [5.41, 5.74) is -0.626. The van der Waals surface area contributed by atoms with Crippen LogP contribution in [0.3, 0.4) is 0 Å². The van der Waals surface area contributed by atoms with Crippen molar-refractivity contribution in [2.45, 2.75) is 50.7 Å². The molecule has 0 aromatic carbocycles. The minimum atomic E-state index is -0.604. The lowest BCUT2D eigenvalue weighted by molar-refractivity contribution is 0.0521. The highest BCUT2D eigenvalue weighted by atomic mass is 16.3. The molecule has 0 aromatic rings. The van der Waals surface area contributed by atoms with Crippen LogP contribution in [0.4, 0.5) is 0 Å². The fourth-order valence-electron chi connectivity index (χ4n) is 1.63. The average molecular weight is 187 g/mol. The Morgan fingerprint density at radius 2 is 2.00 bits per heavy atom. The topological polar surface area (TPSA) is 52.5 Å². The Kier molecular flexibility index (Phi) is 3.33. The molecule has 0 aliphatic heterocycles. The maximum absolute atomic E-state index is 9.48. The van der Waals surface area contributed by atoms with Crippen molar-refractivity contribution >= 4 is 0 Å². The summed E-state index contributed by atoms with van der Waals surface area (Å²) in [5.74, 6) is 0. The molecule has 0 radical (unpaired) electrons. The van der Waals surface area contributed by atoms with Crippen LogP contribution in [0.1, 0.15) is 39.5 Å². The number of hydrogen-bond donors (Lipinski definition) is 3. The van der Waals surface area contributed by atoms with E-state index < -0.39 is 5.60 Å². The third-order valence-electron chi connectivity index (χ3n) is 2.85. The second-order valence-electron chi connectivity index (χ2n) is 4.78. The van der Waals surface area contributed by atoms with Gasteiger partial charge < -0.3 is 15.5 Å². The molecule has 1 fully saturated rings. The van der Waals surface area contributed by atoms with Gasteiger partial charge in [0.05, 0.1) is 12.2 Å². The Labute approximate surface area is 80.2 Å². The SMILES string of the molecule is CC(C)(O)CCNC1(CO)CCC1. The summed E-state index contributed by atoms with van der Waals surface area (Å²) >= 11 is 0. The lowest BCUT2D eigenvalue weighted by atomic mass is 9.77. The molecule has 0 saturated heterocycles. The summed E-state index contributed by atoms with van der Waals surface area (Å²) in [7, 11) is 0. The molecule has 1 saturated carbocycles. The summed E-state index contributed by atoms with van der Waals surface area (Å²) < 4.78 is 0. The van der Waals surface area contributed by atoms with Gasteiger partial charge in [0, 0.05) is 5.54 Å². The van der Waals surface area contributed by atoms with Crippen molar-refractivity contribution in [3.63, 3.8) is 0 Å². The monoisotopic (exact) mass is 187 g/mol. The smallest absolute Gasteiger partial charge is 0.0613 e. The molecule has 3 heteroatoms. The van der Waals surface area contributed by atoms with E-state index in [1.54, 1.807) is 13.8 Å². The predicted molar refractivity (Wildman–Crippen MR) is 52.6 cm³/mol. The highest BCUT2D eigenvalue weighted by Crippen LogP contribution is 2.31. The zero-order valence-corrected chi connectivity index (χ0v) is 8.64. The average Bonchev–Trinajstić information content (AvgIpc) is 1.92. The molecule has 1 aliphatic carbocycles. The number of nitrogens with one attached hydrogen (secondary N) is 1. The fourth-order valence-corrected chi connectivity index (χ4v) is 1.63. The normalized spacial score (nSPS) is 21.2. The Morgan fingerprint density at radius 3 is 2.31 bits per heavy atom. The van der Waals surface area contributed by atoms with Gasteiger partial charge in [0.25, 0.3) is 0 Å². The lowest BCUT2D eigenvalue weighted by Gasteiger charge is -2.41. The van der Waals surface area contributed by atoms with Gasteiger partial charge in [-0.2, -0.15) is 0 Å². The molecule has 0 spiro atoms. The summed E-state index contributed by atoms with van der Waals surface area (Å²) in [6, 6.07) is 0. The van der Waals surface area contributed by atoms with Crippen molar-refractivity contribution < 1.29 is 10.2 Å². The van der Waals surface area contributed by atoms with Crippen molar-refractivity contribution in [3.8, 4) is 0 Å². The van der Waals surface area contributed by atoms with E-state index in [-0.39, 0.29) is 12.1 Å². The van der Waals surface area contributed by atoms with Crippen LogP contribution in [0.5, 0.6) is 0 Å². The maximum atomic E-state index is 9.48. The van der Waals surface area contributed by atoms with Crippen LogP contribution < -0.4 is 5.32 Å². The first-order chi connectivity index (χ1) is 5.97. The van der Waals surface area contributed by atoms with Gasteiger partial charge in [0.1, 0.15) is 0 Å². The first kappa shape index (κ1) is 11.0. The summed E-state index contributed by atoms with van der Waals surface area (Å²) in [4.78, 5) is 0. The molecule has 1 rings (SSSR count). The Morgan fingerprint density at radius 1 is 1.38 bits per heavy atom. The van der Waals surface area contributed by atoms with Crippen LogP contribution in [0.2, 0.25) is 0 Å². The van der Waals surface area contributed by atoms with E-state index in [0.29, 0.717) is 0 Å². The van der Waals surface area contributed by atoms with E-state index in [0.717, 1.165) is 25.8 Å². The van der Waals surface area contributed by atoms with Gasteiger partial charge in [-0.1, -0.05) is 0 Å². The largest absolute Gasteiger partial charge is 0.394 e. The summed E-state index contributed by atoms with van der Waals surface area (Å²) in [6.45, 7) is 4.62. The molecule has 0 atom stereocenters. The van der Waals surface area contributed by atoms with Gasteiger partial charge in [0.2, 0.25) is 0 Å². The predicted octanol–water partition coefficient (Wildman–Crippen LogP) is 0.652. The molecule has 0 bridgehead atoms. The quantitative estimate of drug-likeness (QED) is 0.592. The summed E-state index contributed by atoms with van der Waals surface area (Å²) in [5, 5.41) is 21.9. The highest BCUT2D eigenvalue weighted by molar-refractivity contribution is 4.95. The zero-order chi connectivity index (χ0) is 9.95. The van der Waals surface area contributed by atoms with E-state index >= 15 is 0 Å². The molecule has 13 heavy (non-hydrogen) atoms. The van der Waals surface area contributed by atoms with Gasteiger partial charge in [-0.05, 0) is 46.1 Å². The fraction of sp³-hybridized carbons (Fsp3) is 1.00. The third-order valence-corrected chi connectivity index (χ3v) is 2.85. The standard InChI is InChI=1S/C10H21NO2/c1-9(2,13)6-7-11-10(8-12)4-3-5-10/h11-13H,3-8H2,1-2H3. The van der Waals surface area contributed by atoms with E-state index in [1.807, 2.05) is 0 Å². The molecular formula is C10H21NO2. The van der Waals surface area contributed by atoms with Crippen LogP contribution in [-0.4, -0.2) is 34.5 Å². The Bertz CT molecular complexity index is 153. The molecule has 0 unspecified atom stereocenters. The van der Waals surface area contributed by atoms with Gasteiger partial charge in [0.15, 0.2) is 0 Å². The van der Waals surface area contributed by atoms with Crippen molar-refractivity contribution in [3.05, 3.63) is 0 Å². The van der Waals surface area contributed by atoms with E-state index in [4.69, 9.17) is 5.11 Å². The molecule has 0 amide bonds. The second kappa shape index (κ2) is 3.95. The molecule has 0 heterocycles. The first-order valence-corrected chi connectivity index (χ1v) is 5.06. The van der Waals surface area contributed by atoms with Crippen molar-refractivity contribution in [1.29, 1.82) is 0 Å². The van der Waals surface area contributed by atoms with Crippen LogP contribution >= 0.6 is 0 Å². The Balaban J connectivity index is 2.18. The molecule has 1 aliphatic rings. The third kappa shape index (κ3) is 3.25. The molecular weight excluding hydrogens is 166 g/mol. The Hall–Kier alpha value is -0.120. The summed E-state index contributed by atoms with van der Waals surface area (Å²) in [6.07, 6.45) is 4.07. The van der Waals surface area contributed by atoms with E-state index in [2.05, 4.69) is 5.32 Å². The van der Waals surface area contributed by atoms with Crippen LogP contribution in [0.25, 0.3) is 0 Å². The lowest BCUT2D eigenvalue weighted by Crippen LogP contribution is -2.54. The number of aliphatic hydroxyl groups is 2. The van der Waals surface area contributed by atoms with Gasteiger partial charge in [-0.25, -0.2) is 0 Å². The van der Waals surface area contributed by atoms with Gasteiger partial charge >= 0.3 is 0 Å². The van der Waals surface area contributed by atoms with Crippen molar-refractivity contribution in [2.75, 3.05) is 13.2 Å². The molecule has 78 valence electrons. The second-order valence-corrected chi connectivity index (χ2v) is 4.78. The number of hydrogen-bond acceptors (Lipinski definition) is 3. The minimum absolute atomic E-state index is 0.0226.